The van der Waals surface area contributed by atoms with Crippen molar-refractivity contribution in [1.82, 2.24) is 4.90 Å². The summed E-state index contributed by atoms with van der Waals surface area (Å²) in [6, 6.07) is 10.9. The molecule has 1 aliphatic heterocycles. The molecule has 0 spiro atoms. The van der Waals surface area contributed by atoms with E-state index in [4.69, 9.17) is 25.8 Å². The van der Waals surface area contributed by atoms with Gasteiger partial charge in [-0.15, -0.1) is 0 Å². The number of rotatable bonds is 5. The molecule has 0 N–H and O–H groups in total. The van der Waals surface area contributed by atoms with E-state index >= 15 is 0 Å². The molecule has 3 rings (SSSR count). The molecule has 0 atom stereocenters. The van der Waals surface area contributed by atoms with Gasteiger partial charge in [0.15, 0.2) is 0 Å². The highest BCUT2D eigenvalue weighted by Crippen LogP contribution is 2.38. The Bertz CT molecular complexity index is 820. The van der Waals surface area contributed by atoms with Gasteiger partial charge in [0, 0.05) is 43.9 Å². The smallest absolute Gasteiger partial charge is 0.254 e. The van der Waals surface area contributed by atoms with E-state index in [0.29, 0.717) is 54.0 Å². The summed E-state index contributed by atoms with van der Waals surface area (Å²) in [6.07, 6.45) is 0. The number of anilines is 1. The summed E-state index contributed by atoms with van der Waals surface area (Å²) < 4.78 is 16.0. The first kappa shape index (κ1) is 19.2. The van der Waals surface area contributed by atoms with E-state index < -0.39 is 0 Å². The first-order valence-electron chi connectivity index (χ1n) is 8.67. The van der Waals surface area contributed by atoms with Crippen LogP contribution in [0.15, 0.2) is 36.4 Å². The van der Waals surface area contributed by atoms with Crippen molar-refractivity contribution < 1.29 is 19.0 Å². The number of carbonyl (C=O) groups excluding carboxylic acids is 1. The topological polar surface area (TPSA) is 51.2 Å². The number of carbonyl (C=O) groups is 1. The van der Waals surface area contributed by atoms with Crippen molar-refractivity contribution in [3.05, 3.63) is 47.0 Å². The van der Waals surface area contributed by atoms with Crippen molar-refractivity contribution in [3.63, 3.8) is 0 Å². The lowest BCUT2D eigenvalue weighted by Crippen LogP contribution is -2.48. The Morgan fingerprint density at radius 3 is 2.26 bits per heavy atom. The average molecular weight is 391 g/mol. The van der Waals surface area contributed by atoms with Crippen LogP contribution < -0.4 is 19.1 Å². The summed E-state index contributed by atoms with van der Waals surface area (Å²) in [5, 5.41) is 0.505. The third-order valence-corrected chi connectivity index (χ3v) is 4.97. The lowest BCUT2D eigenvalue weighted by atomic mass is 10.1. The van der Waals surface area contributed by atoms with Gasteiger partial charge in [0.2, 0.25) is 0 Å². The fraction of sp³-hybridized carbons (Fsp3) is 0.350. The van der Waals surface area contributed by atoms with E-state index in [1.807, 2.05) is 29.2 Å². The normalized spacial score (nSPS) is 14.1. The second-order valence-corrected chi connectivity index (χ2v) is 6.58. The van der Waals surface area contributed by atoms with Gasteiger partial charge in [-0.2, -0.15) is 0 Å². The number of ether oxygens (including phenoxy) is 3. The Morgan fingerprint density at radius 2 is 1.63 bits per heavy atom. The number of methoxy groups -OCH3 is 3. The lowest BCUT2D eigenvalue weighted by molar-refractivity contribution is 0.0746. The van der Waals surface area contributed by atoms with Crippen LogP contribution >= 0.6 is 11.6 Å². The fourth-order valence-corrected chi connectivity index (χ4v) is 3.41. The van der Waals surface area contributed by atoms with Gasteiger partial charge < -0.3 is 24.0 Å². The minimum atomic E-state index is 0.00852. The van der Waals surface area contributed by atoms with Crippen LogP contribution in [0.3, 0.4) is 0 Å². The molecule has 0 radical (unpaired) electrons. The van der Waals surface area contributed by atoms with E-state index in [9.17, 15) is 4.79 Å². The number of amides is 1. The maximum absolute atomic E-state index is 12.8. The SMILES string of the molecule is COc1cccc(C(=O)N2CCN(c3cc(OC)c(Cl)cc3OC)CC2)c1. The summed E-state index contributed by atoms with van der Waals surface area (Å²) >= 11 is 6.19. The van der Waals surface area contributed by atoms with Gasteiger partial charge >= 0.3 is 0 Å². The summed E-state index contributed by atoms with van der Waals surface area (Å²) in [7, 11) is 4.79. The summed E-state index contributed by atoms with van der Waals surface area (Å²) in [5.74, 6) is 1.97. The standard InChI is InChI=1S/C20H23ClN2O4/c1-25-15-6-4-5-14(11-15)20(24)23-9-7-22(8-10-23)17-13-18(26-2)16(21)12-19(17)27-3/h4-6,11-13H,7-10H2,1-3H3. The van der Waals surface area contributed by atoms with E-state index in [1.165, 1.54) is 0 Å². The van der Waals surface area contributed by atoms with Gasteiger partial charge in [0.1, 0.15) is 17.2 Å². The molecule has 6 nitrogen and oxygen atoms in total. The molecule has 0 bridgehead atoms. The highest BCUT2D eigenvalue weighted by atomic mass is 35.5. The zero-order chi connectivity index (χ0) is 19.4. The van der Waals surface area contributed by atoms with Crippen molar-refractivity contribution in [2.24, 2.45) is 0 Å². The van der Waals surface area contributed by atoms with E-state index in [2.05, 4.69) is 4.90 Å². The molecule has 1 saturated heterocycles. The minimum absolute atomic E-state index is 0.00852. The molecule has 0 saturated carbocycles. The Labute approximate surface area is 164 Å². The van der Waals surface area contributed by atoms with Gasteiger partial charge in [-0.25, -0.2) is 0 Å². The monoisotopic (exact) mass is 390 g/mol. The molecular formula is C20H23ClN2O4. The molecule has 1 fully saturated rings. The molecule has 1 heterocycles. The van der Waals surface area contributed by atoms with Crippen LogP contribution in [0.25, 0.3) is 0 Å². The Kier molecular flexibility index (Phi) is 5.96. The first-order valence-corrected chi connectivity index (χ1v) is 9.05. The number of hydrogen-bond donors (Lipinski definition) is 0. The van der Waals surface area contributed by atoms with Gasteiger partial charge in [0.25, 0.3) is 5.91 Å². The van der Waals surface area contributed by atoms with Gasteiger partial charge in [0.05, 0.1) is 32.0 Å². The van der Waals surface area contributed by atoms with Gasteiger partial charge in [-0.3, -0.25) is 4.79 Å². The molecule has 1 aliphatic rings. The second-order valence-electron chi connectivity index (χ2n) is 6.17. The average Bonchev–Trinajstić information content (AvgIpc) is 2.73. The number of hydrogen-bond acceptors (Lipinski definition) is 5. The molecule has 1 amide bonds. The van der Waals surface area contributed by atoms with E-state index in [-0.39, 0.29) is 5.91 Å². The first-order chi connectivity index (χ1) is 13.1. The summed E-state index contributed by atoms with van der Waals surface area (Å²) in [5.41, 5.74) is 1.54. The second kappa shape index (κ2) is 8.39. The highest BCUT2D eigenvalue weighted by molar-refractivity contribution is 6.32. The third kappa shape index (κ3) is 4.06. The molecule has 0 aliphatic carbocycles. The maximum atomic E-state index is 12.8. The summed E-state index contributed by atoms with van der Waals surface area (Å²) in [4.78, 5) is 16.8. The highest BCUT2D eigenvalue weighted by Gasteiger charge is 2.25. The third-order valence-electron chi connectivity index (χ3n) is 4.68. The lowest BCUT2D eigenvalue weighted by Gasteiger charge is -2.36. The number of benzene rings is 2. The maximum Gasteiger partial charge on any atom is 0.254 e. The van der Waals surface area contributed by atoms with Crippen molar-refractivity contribution in [1.29, 1.82) is 0 Å². The van der Waals surface area contributed by atoms with E-state index in [1.54, 1.807) is 33.5 Å². The number of nitrogens with zero attached hydrogens (tertiary/aromatic N) is 2. The van der Waals surface area contributed by atoms with Crippen molar-refractivity contribution >= 4 is 23.2 Å². The predicted molar refractivity (Wildman–Crippen MR) is 106 cm³/mol. The molecule has 7 heteroatoms. The molecule has 0 aromatic heterocycles. The van der Waals surface area contributed by atoms with Crippen molar-refractivity contribution in [3.8, 4) is 17.2 Å². The minimum Gasteiger partial charge on any atom is -0.497 e. The van der Waals surface area contributed by atoms with Crippen molar-refractivity contribution in [2.75, 3.05) is 52.4 Å². The number of piperazine rings is 1. The quantitative estimate of drug-likeness (QED) is 0.783. The Hall–Kier alpha value is -2.60. The van der Waals surface area contributed by atoms with Crippen LogP contribution in [0.5, 0.6) is 17.2 Å². The largest absolute Gasteiger partial charge is 0.497 e. The fourth-order valence-electron chi connectivity index (χ4n) is 3.18. The van der Waals surface area contributed by atoms with Crippen LogP contribution in [0.2, 0.25) is 5.02 Å². The summed E-state index contributed by atoms with van der Waals surface area (Å²) in [6.45, 7) is 2.61. The van der Waals surface area contributed by atoms with Crippen LogP contribution in [0, 0.1) is 0 Å². The molecule has 144 valence electrons. The number of halogens is 1. The zero-order valence-corrected chi connectivity index (χ0v) is 16.5. The predicted octanol–water partition coefficient (Wildman–Crippen LogP) is 3.33. The van der Waals surface area contributed by atoms with E-state index in [0.717, 1.165) is 5.69 Å². The Morgan fingerprint density at radius 1 is 0.926 bits per heavy atom. The van der Waals surface area contributed by atoms with Gasteiger partial charge in [-0.1, -0.05) is 17.7 Å². The zero-order valence-electron chi connectivity index (χ0n) is 15.7. The molecular weight excluding hydrogens is 368 g/mol. The Balaban J connectivity index is 1.72. The van der Waals surface area contributed by atoms with Crippen LogP contribution in [-0.2, 0) is 0 Å². The van der Waals surface area contributed by atoms with Crippen LogP contribution in [0.1, 0.15) is 10.4 Å². The van der Waals surface area contributed by atoms with Crippen LogP contribution in [0.4, 0.5) is 5.69 Å². The molecule has 2 aromatic carbocycles. The molecule has 2 aromatic rings. The van der Waals surface area contributed by atoms with Crippen molar-refractivity contribution in [2.45, 2.75) is 0 Å². The molecule has 27 heavy (non-hydrogen) atoms. The van der Waals surface area contributed by atoms with Crippen LogP contribution in [-0.4, -0.2) is 58.3 Å². The molecule has 0 unspecified atom stereocenters. The van der Waals surface area contributed by atoms with Gasteiger partial charge in [-0.05, 0) is 18.2 Å².